The second kappa shape index (κ2) is 11.2. The number of carbonyl (C=O) groups is 3. The van der Waals surface area contributed by atoms with E-state index in [9.17, 15) is 14.4 Å². The number of thioether (sulfide) groups is 1. The van der Waals surface area contributed by atoms with Gasteiger partial charge in [0.2, 0.25) is 0 Å². The summed E-state index contributed by atoms with van der Waals surface area (Å²) in [6.07, 6.45) is 5.40. The summed E-state index contributed by atoms with van der Waals surface area (Å²) in [5.41, 5.74) is -1.02. The molecule has 0 heterocycles. The first-order valence-corrected chi connectivity index (χ1v) is 10.9. The highest BCUT2D eigenvalue weighted by molar-refractivity contribution is 7.99. The number of esters is 2. The van der Waals surface area contributed by atoms with Crippen molar-refractivity contribution < 1.29 is 23.9 Å². The molecule has 2 rings (SSSR count). The third-order valence-corrected chi connectivity index (χ3v) is 6.76. The Morgan fingerprint density at radius 1 is 1.07 bits per heavy atom. The van der Waals surface area contributed by atoms with E-state index in [1.807, 2.05) is 30.3 Å². The van der Waals surface area contributed by atoms with Crippen LogP contribution in [0.2, 0.25) is 0 Å². The SMILES string of the molecule is COC(=O)CCCCCCC1(C(=O)OC)C(=O)CCC1CSc1ccccc1. The summed E-state index contributed by atoms with van der Waals surface area (Å²) in [7, 11) is 2.76. The first-order valence-electron chi connectivity index (χ1n) is 9.91. The van der Waals surface area contributed by atoms with Crippen LogP contribution in [0.25, 0.3) is 0 Å². The van der Waals surface area contributed by atoms with Gasteiger partial charge in [-0.15, -0.1) is 11.8 Å². The van der Waals surface area contributed by atoms with Gasteiger partial charge in [0.05, 0.1) is 14.2 Å². The van der Waals surface area contributed by atoms with Gasteiger partial charge in [0.25, 0.3) is 0 Å². The Morgan fingerprint density at radius 3 is 2.46 bits per heavy atom. The fourth-order valence-corrected chi connectivity index (χ4v) is 5.17. The van der Waals surface area contributed by atoms with Gasteiger partial charge in [-0.25, -0.2) is 0 Å². The van der Waals surface area contributed by atoms with Crippen LogP contribution in [0.3, 0.4) is 0 Å². The number of unbranched alkanes of at least 4 members (excludes halogenated alkanes) is 3. The van der Waals surface area contributed by atoms with Crippen molar-refractivity contribution in [2.24, 2.45) is 11.3 Å². The summed E-state index contributed by atoms with van der Waals surface area (Å²) in [6.45, 7) is 0. The molecule has 6 heteroatoms. The van der Waals surface area contributed by atoms with Crippen LogP contribution in [0.5, 0.6) is 0 Å². The van der Waals surface area contributed by atoms with Crippen LogP contribution in [0, 0.1) is 11.3 Å². The molecule has 0 saturated heterocycles. The van der Waals surface area contributed by atoms with Crippen molar-refractivity contribution in [2.75, 3.05) is 20.0 Å². The molecule has 2 atom stereocenters. The molecule has 5 nitrogen and oxygen atoms in total. The van der Waals surface area contributed by atoms with Gasteiger partial charge >= 0.3 is 11.9 Å². The summed E-state index contributed by atoms with van der Waals surface area (Å²) < 4.78 is 9.73. The Morgan fingerprint density at radius 2 is 1.79 bits per heavy atom. The fraction of sp³-hybridized carbons (Fsp3) is 0.591. The molecule has 0 amide bonds. The number of rotatable bonds is 11. The van der Waals surface area contributed by atoms with Crippen LogP contribution in [0.1, 0.15) is 51.4 Å². The zero-order valence-corrected chi connectivity index (χ0v) is 17.6. The number of methoxy groups -OCH3 is 2. The van der Waals surface area contributed by atoms with E-state index in [-0.39, 0.29) is 23.6 Å². The van der Waals surface area contributed by atoms with Gasteiger partial charge in [0, 0.05) is 23.5 Å². The zero-order chi connectivity index (χ0) is 20.4. The Hall–Kier alpha value is -1.82. The van der Waals surface area contributed by atoms with E-state index >= 15 is 0 Å². The highest BCUT2D eigenvalue weighted by Gasteiger charge is 2.55. The molecule has 1 aliphatic carbocycles. The number of hydrogen-bond donors (Lipinski definition) is 0. The Balaban J connectivity index is 1.96. The van der Waals surface area contributed by atoms with Crippen LogP contribution >= 0.6 is 11.8 Å². The lowest BCUT2D eigenvalue weighted by Crippen LogP contribution is -2.42. The molecule has 0 bridgehead atoms. The van der Waals surface area contributed by atoms with Crippen molar-refractivity contribution in [3.05, 3.63) is 30.3 Å². The number of benzene rings is 1. The van der Waals surface area contributed by atoms with Crippen LogP contribution < -0.4 is 0 Å². The van der Waals surface area contributed by atoms with E-state index in [2.05, 4.69) is 4.74 Å². The van der Waals surface area contributed by atoms with Crippen molar-refractivity contribution in [2.45, 2.75) is 56.3 Å². The van der Waals surface area contributed by atoms with Crippen molar-refractivity contribution in [3.8, 4) is 0 Å². The maximum Gasteiger partial charge on any atom is 0.319 e. The van der Waals surface area contributed by atoms with E-state index in [0.717, 1.165) is 42.8 Å². The Labute approximate surface area is 171 Å². The van der Waals surface area contributed by atoms with Crippen molar-refractivity contribution in [1.82, 2.24) is 0 Å². The van der Waals surface area contributed by atoms with Crippen LogP contribution in [-0.4, -0.2) is 37.7 Å². The van der Waals surface area contributed by atoms with Crippen molar-refractivity contribution >= 4 is 29.5 Å². The first-order chi connectivity index (χ1) is 13.5. The molecule has 1 saturated carbocycles. The monoisotopic (exact) mass is 406 g/mol. The lowest BCUT2D eigenvalue weighted by atomic mass is 9.73. The Kier molecular flexibility index (Phi) is 9.03. The van der Waals surface area contributed by atoms with Gasteiger partial charge < -0.3 is 9.47 Å². The standard InChI is InChI=1S/C22H30O5S/c1-26-20(24)12-8-3-4-9-15-22(21(25)27-2)17(13-14-19(22)23)16-28-18-10-6-5-7-11-18/h5-7,10-11,17H,3-4,8-9,12-16H2,1-2H3. The molecule has 0 radical (unpaired) electrons. The van der Waals surface area contributed by atoms with Crippen molar-refractivity contribution in [1.29, 1.82) is 0 Å². The predicted molar refractivity (Wildman–Crippen MR) is 109 cm³/mol. The highest BCUT2D eigenvalue weighted by Crippen LogP contribution is 2.47. The molecule has 1 aliphatic rings. The molecule has 1 aromatic carbocycles. The summed E-state index contributed by atoms with van der Waals surface area (Å²) in [5.74, 6) is 0.159. The lowest BCUT2D eigenvalue weighted by Gasteiger charge is -2.31. The largest absolute Gasteiger partial charge is 0.469 e. The van der Waals surface area contributed by atoms with Crippen LogP contribution in [-0.2, 0) is 23.9 Å². The molecular weight excluding hydrogens is 376 g/mol. The normalized spacial score (nSPS) is 21.5. The van der Waals surface area contributed by atoms with E-state index in [1.165, 1.54) is 14.2 Å². The first kappa shape index (κ1) is 22.5. The van der Waals surface area contributed by atoms with Gasteiger partial charge in [-0.3, -0.25) is 14.4 Å². The second-order valence-corrected chi connectivity index (χ2v) is 8.33. The molecule has 1 fully saturated rings. The highest BCUT2D eigenvalue weighted by atomic mass is 32.2. The molecule has 154 valence electrons. The average Bonchev–Trinajstić information content (AvgIpc) is 3.05. The molecule has 28 heavy (non-hydrogen) atoms. The number of Topliss-reactive ketones (excluding diaryl/α,β-unsaturated/α-hetero) is 1. The number of hydrogen-bond acceptors (Lipinski definition) is 6. The van der Waals surface area contributed by atoms with Gasteiger partial charge in [-0.05, 0) is 37.3 Å². The second-order valence-electron chi connectivity index (χ2n) is 7.24. The summed E-state index contributed by atoms with van der Waals surface area (Å²) in [6, 6.07) is 10.0. The quantitative estimate of drug-likeness (QED) is 0.234. The minimum atomic E-state index is -1.02. The Bertz CT molecular complexity index is 660. The smallest absolute Gasteiger partial charge is 0.319 e. The number of ether oxygens (including phenoxy) is 2. The molecule has 0 aliphatic heterocycles. The van der Waals surface area contributed by atoms with Gasteiger partial charge in [-0.2, -0.15) is 0 Å². The third kappa shape index (κ3) is 5.60. The van der Waals surface area contributed by atoms with Crippen molar-refractivity contribution in [3.63, 3.8) is 0 Å². The predicted octanol–water partition coefficient (Wildman–Crippen LogP) is 4.43. The zero-order valence-electron chi connectivity index (χ0n) is 16.8. The summed E-state index contributed by atoms with van der Waals surface area (Å²) in [4.78, 5) is 37.8. The van der Waals surface area contributed by atoms with E-state index in [1.54, 1.807) is 11.8 Å². The fourth-order valence-electron chi connectivity index (χ4n) is 3.98. The minimum Gasteiger partial charge on any atom is -0.469 e. The van der Waals surface area contributed by atoms with E-state index < -0.39 is 5.41 Å². The number of ketones is 1. The number of carbonyl (C=O) groups excluding carboxylic acids is 3. The van der Waals surface area contributed by atoms with Gasteiger partial charge in [0.15, 0.2) is 5.78 Å². The topological polar surface area (TPSA) is 69.7 Å². The maximum absolute atomic E-state index is 12.8. The molecule has 1 aromatic rings. The molecule has 2 unspecified atom stereocenters. The van der Waals surface area contributed by atoms with E-state index in [4.69, 9.17) is 4.74 Å². The van der Waals surface area contributed by atoms with Gasteiger partial charge in [0.1, 0.15) is 5.41 Å². The molecule has 0 aromatic heterocycles. The maximum atomic E-state index is 12.8. The summed E-state index contributed by atoms with van der Waals surface area (Å²) >= 11 is 1.69. The molecule has 0 spiro atoms. The van der Waals surface area contributed by atoms with Crippen LogP contribution in [0.15, 0.2) is 35.2 Å². The van der Waals surface area contributed by atoms with E-state index in [0.29, 0.717) is 19.3 Å². The van der Waals surface area contributed by atoms with Gasteiger partial charge in [-0.1, -0.05) is 37.5 Å². The average molecular weight is 407 g/mol. The molecular formula is C22H30O5S. The lowest BCUT2D eigenvalue weighted by molar-refractivity contribution is -0.159. The third-order valence-electron chi connectivity index (χ3n) is 5.59. The van der Waals surface area contributed by atoms with Crippen LogP contribution in [0.4, 0.5) is 0 Å². The summed E-state index contributed by atoms with van der Waals surface area (Å²) in [5, 5.41) is 0. The minimum absolute atomic E-state index is 0.00674. The molecule has 0 N–H and O–H groups in total.